The van der Waals surface area contributed by atoms with Crippen LogP contribution in [0.4, 0.5) is 13.2 Å². The van der Waals surface area contributed by atoms with Crippen LogP contribution < -0.4 is 5.73 Å². The summed E-state index contributed by atoms with van der Waals surface area (Å²) in [6.07, 6.45) is -3.11. The molecule has 1 amide bonds. The molecule has 0 aliphatic heterocycles. The number of H-pyrrole nitrogens is 1. The maximum Gasteiger partial charge on any atom is 0.417 e. The van der Waals surface area contributed by atoms with E-state index in [1.54, 1.807) is 0 Å². The molecule has 0 fully saturated rings. The predicted molar refractivity (Wildman–Crippen MR) is 59.7 cm³/mol. The van der Waals surface area contributed by atoms with Crippen molar-refractivity contribution in [2.24, 2.45) is 5.73 Å². The quantitative estimate of drug-likeness (QED) is 0.850. The zero-order chi connectivity index (χ0) is 13.3. The fourth-order valence-corrected chi connectivity index (χ4v) is 1.75. The Kier molecular flexibility index (Phi) is 2.86. The Hall–Kier alpha value is -2.24. The van der Waals surface area contributed by atoms with Crippen molar-refractivity contribution in [2.75, 3.05) is 0 Å². The Morgan fingerprint density at radius 2 is 1.83 bits per heavy atom. The number of alkyl halides is 3. The van der Waals surface area contributed by atoms with Gasteiger partial charge in [-0.3, -0.25) is 4.79 Å². The van der Waals surface area contributed by atoms with Crippen molar-refractivity contribution in [1.29, 1.82) is 0 Å². The van der Waals surface area contributed by atoms with Gasteiger partial charge in [-0.1, -0.05) is 18.2 Å². The molecule has 0 aliphatic rings. The molecule has 3 nitrogen and oxygen atoms in total. The van der Waals surface area contributed by atoms with Crippen LogP contribution in [0.15, 0.2) is 36.5 Å². The molecule has 2 rings (SSSR count). The first kappa shape index (κ1) is 12.2. The van der Waals surface area contributed by atoms with Crippen LogP contribution in [0.1, 0.15) is 15.9 Å². The second kappa shape index (κ2) is 4.21. The van der Waals surface area contributed by atoms with Gasteiger partial charge in [-0.25, -0.2) is 0 Å². The Morgan fingerprint density at radius 1 is 1.17 bits per heavy atom. The summed E-state index contributed by atoms with van der Waals surface area (Å²) in [4.78, 5) is 13.8. The van der Waals surface area contributed by atoms with Gasteiger partial charge >= 0.3 is 6.18 Å². The summed E-state index contributed by atoms with van der Waals surface area (Å²) < 4.78 is 38.5. The van der Waals surface area contributed by atoms with E-state index in [9.17, 15) is 18.0 Å². The summed E-state index contributed by atoms with van der Waals surface area (Å²) in [6.45, 7) is 0. The number of benzene rings is 1. The van der Waals surface area contributed by atoms with Gasteiger partial charge in [-0.15, -0.1) is 0 Å². The van der Waals surface area contributed by atoms with E-state index in [0.717, 1.165) is 6.07 Å². The number of hydrogen-bond acceptors (Lipinski definition) is 1. The van der Waals surface area contributed by atoms with Crippen LogP contribution >= 0.6 is 0 Å². The molecule has 6 heteroatoms. The zero-order valence-electron chi connectivity index (χ0n) is 9.08. The Balaban J connectivity index is 2.65. The summed E-state index contributed by atoms with van der Waals surface area (Å²) >= 11 is 0. The minimum absolute atomic E-state index is 0.0340. The molecule has 3 N–H and O–H groups in total. The topological polar surface area (TPSA) is 58.9 Å². The third-order valence-electron chi connectivity index (χ3n) is 2.51. The molecular weight excluding hydrogens is 245 g/mol. The number of halogens is 3. The van der Waals surface area contributed by atoms with Gasteiger partial charge in [0.1, 0.15) is 0 Å². The molecule has 1 aromatic carbocycles. The molecule has 0 radical (unpaired) electrons. The minimum Gasteiger partial charge on any atom is -0.366 e. The number of primary amides is 1. The highest BCUT2D eigenvalue weighted by Gasteiger charge is 2.34. The standard InChI is InChI=1S/C12H9F3N2O/c13-12(14,15)9-4-2-1-3-7(9)10-8(11(16)18)5-6-17-10/h1-6,17H,(H2,16,18). The number of carbonyl (C=O) groups is 1. The molecule has 1 aromatic heterocycles. The van der Waals surface area contributed by atoms with Gasteiger partial charge in [0.25, 0.3) is 5.91 Å². The predicted octanol–water partition coefficient (Wildman–Crippen LogP) is 2.80. The molecule has 94 valence electrons. The second-order valence-electron chi connectivity index (χ2n) is 3.67. The molecule has 0 bridgehead atoms. The van der Waals surface area contributed by atoms with Gasteiger partial charge in [0, 0.05) is 11.8 Å². The van der Waals surface area contributed by atoms with Gasteiger partial charge in [-0.05, 0) is 12.1 Å². The van der Waals surface area contributed by atoms with Crippen molar-refractivity contribution in [2.45, 2.75) is 6.18 Å². The highest BCUT2D eigenvalue weighted by atomic mass is 19.4. The number of amides is 1. The second-order valence-corrected chi connectivity index (χ2v) is 3.67. The van der Waals surface area contributed by atoms with E-state index in [0.29, 0.717) is 0 Å². The molecule has 0 spiro atoms. The fourth-order valence-electron chi connectivity index (χ4n) is 1.75. The summed E-state index contributed by atoms with van der Waals surface area (Å²) in [5.74, 6) is -0.775. The lowest BCUT2D eigenvalue weighted by Crippen LogP contribution is -2.13. The van der Waals surface area contributed by atoms with Crippen molar-refractivity contribution in [3.63, 3.8) is 0 Å². The Labute approximate surface area is 100 Å². The van der Waals surface area contributed by atoms with Crippen molar-refractivity contribution in [1.82, 2.24) is 4.98 Å². The van der Waals surface area contributed by atoms with E-state index < -0.39 is 17.6 Å². The smallest absolute Gasteiger partial charge is 0.366 e. The maximum absolute atomic E-state index is 12.8. The molecule has 2 aromatic rings. The van der Waals surface area contributed by atoms with Crippen LogP contribution in [0, 0.1) is 0 Å². The van der Waals surface area contributed by atoms with E-state index in [2.05, 4.69) is 4.98 Å². The van der Waals surface area contributed by atoms with Crippen LogP contribution in [0.25, 0.3) is 11.3 Å². The molecule has 0 aliphatic carbocycles. The summed E-state index contributed by atoms with van der Waals surface area (Å²) in [5.41, 5.74) is 4.32. The summed E-state index contributed by atoms with van der Waals surface area (Å²) in [5, 5.41) is 0. The number of hydrogen-bond donors (Lipinski definition) is 2. The number of aromatic amines is 1. The number of carbonyl (C=O) groups excluding carboxylic acids is 1. The van der Waals surface area contributed by atoms with Crippen molar-refractivity contribution >= 4 is 5.91 Å². The number of nitrogens with two attached hydrogens (primary N) is 1. The number of aromatic nitrogens is 1. The molecule has 0 saturated heterocycles. The maximum atomic E-state index is 12.8. The van der Waals surface area contributed by atoms with E-state index in [4.69, 9.17) is 5.73 Å². The first-order valence-corrected chi connectivity index (χ1v) is 5.05. The molecule has 0 unspecified atom stereocenters. The van der Waals surface area contributed by atoms with E-state index in [1.807, 2.05) is 0 Å². The average molecular weight is 254 g/mol. The van der Waals surface area contributed by atoms with Crippen LogP contribution in [0.3, 0.4) is 0 Å². The van der Waals surface area contributed by atoms with Crippen LogP contribution in [-0.2, 0) is 6.18 Å². The average Bonchev–Trinajstić information content (AvgIpc) is 2.76. The van der Waals surface area contributed by atoms with Crippen LogP contribution in [0.2, 0.25) is 0 Å². The molecule has 1 heterocycles. The SMILES string of the molecule is NC(=O)c1cc[nH]c1-c1ccccc1C(F)(F)F. The largest absolute Gasteiger partial charge is 0.417 e. The third kappa shape index (κ3) is 2.09. The van der Waals surface area contributed by atoms with E-state index in [1.165, 1.54) is 30.5 Å². The molecular formula is C12H9F3N2O. The van der Waals surface area contributed by atoms with Crippen LogP contribution in [-0.4, -0.2) is 10.9 Å². The first-order valence-electron chi connectivity index (χ1n) is 5.05. The van der Waals surface area contributed by atoms with Gasteiger partial charge < -0.3 is 10.7 Å². The first-order chi connectivity index (χ1) is 8.41. The van der Waals surface area contributed by atoms with Crippen molar-refractivity contribution in [3.8, 4) is 11.3 Å². The Bertz CT molecular complexity index is 587. The summed E-state index contributed by atoms with van der Waals surface area (Å²) in [6, 6.07) is 6.36. The van der Waals surface area contributed by atoms with Gasteiger partial charge in [-0.2, -0.15) is 13.2 Å². The van der Waals surface area contributed by atoms with Crippen molar-refractivity contribution < 1.29 is 18.0 Å². The number of nitrogens with one attached hydrogen (secondary N) is 1. The van der Waals surface area contributed by atoms with E-state index in [-0.39, 0.29) is 16.8 Å². The zero-order valence-corrected chi connectivity index (χ0v) is 9.08. The van der Waals surface area contributed by atoms with Gasteiger partial charge in [0.15, 0.2) is 0 Å². The molecule has 18 heavy (non-hydrogen) atoms. The summed E-state index contributed by atoms with van der Waals surface area (Å²) in [7, 11) is 0. The fraction of sp³-hybridized carbons (Fsp3) is 0.0833. The highest BCUT2D eigenvalue weighted by Crippen LogP contribution is 2.37. The van der Waals surface area contributed by atoms with Crippen molar-refractivity contribution in [3.05, 3.63) is 47.7 Å². The Morgan fingerprint density at radius 3 is 2.44 bits per heavy atom. The normalized spacial score (nSPS) is 11.5. The highest BCUT2D eigenvalue weighted by molar-refractivity contribution is 5.99. The lowest BCUT2D eigenvalue weighted by molar-refractivity contribution is -0.137. The molecule has 0 atom stereocenters. The van der Waals surface area contributed by atoms with Gasteiger partial charge in [0.2, 0.25) is 0 Å². The number of rotatable bonds is 2. The molecule has 0 saturated carbocycles. The lowest BCUT2D eigenvalue weighted by atomic mass is 10.0. The van der Waals surface area contributed by atoms with E-state index >= 15 is 0 Å². The minimum atomic E-state index is -4.49. The third-order valence-corrected chi connectivity index (χ3v) is 2.51. The van der Waals surface area contributed by atoms with Gasteiger partial charge in [0.05, 0.1) is 16.8 Å². The lowest BCUT2D eigenvalue weighted by Gasteiger charge is -2.12. The monoisotopic (exact) mass is 254 g/mol. The van der Waals surface area contributed by atoms with Crippen LogP contribution in [0.5, 0.6) is 0 Å².